The van der Waals surface area contributed by atoms with Gasteiger partial charge in [-0.05, 0) is 38.1 Å². The Morgan fingerprint density at radius 1 is 1.06 bits per heavy atom. The van der Waals surface area contributed by atoms with Gasteiger partial charge in [-0.25, -0.2) is 0 Å². The van der Waals surface area contributed by atoms with E-state index in [1.807, 2.05) is 46.1 Å². The number of hydrogen-bond acceptors (Lipinski definition) is 5. The molecule has 0 aliphatic carbocycles. The first-order valence-corrected chi connectivity index (χ1v) is 11.4. The Morgan fingerprint density at radius 2 is 1.84 bits per heavy atom. The van der Waals surface area contributed by atoms with Crippen molar-refractivity contribution < 1.29 is 9.59 Å². The molecule has 0 spiro atoms. The van der Waals surface area contributed by atoms with Crippen LogP contribution >= 0.6 is 0 Å². The normalized spacial score (nSPS) is 28.6. The zero-order chi connectivity index (χ0) is 21.4. The summed E-state index contributed by atoms with van der Waals surface area (Å²) in [5.41, 5.74) is 7.40. The van der Waals surface area contributed by atoms with Crippen LogP contribution in [-0.2, 0) is 16.1 Å². The summed E-state index contributed by atoms with van der Waals surface area (Å²) in [4.78, 5) is 29.0. The van der Waals surface area contributed by atoms with Gasteiger partial charge in [0.25, 0.3) is 0 Å². The number of carbonyl (C=O) groups excluding carboxylic acids is 2. The summed E-state index contributed by atoms with van der Waals surface area (Å²) in [5.74, 6) is 0.451. The molecule has 31 heavy (non-hydrogen) atoms. The summed E-state index contributed by atoms with van der Waals surface area (Å²) < 4.78 is 1.94. The lowest BCUT2D eigenvalue weighted by atomic mass is 9.74. The molecule has 2 bridgehead atoms. The first-order chi connectivity index (χ1) is 15.1. The fourth-order valence-electron chi connectivity index (χ4n) is 5.57. The van der Waals surface area contributed by atoms with Gasteiger partial charge < -0.3 is 10.6 Å². The number of amides is 2. The minimum atomic E-state index is -0.235. The Morgan fingerprint density at radius 3 is 2.52 bits per heavy atom. The summed E-state index contributed by atoms with van der Waals surface area (Å²) >= 11 is 0. The van der Waals surface area contributed by atoms with Crippen LogP contribution in [0.4, 0.5) is 0 Å². The lowest BCUT2D eigenvalue weighted by Gasteiger charge is -2.50. The van der Waals surface area contributed by atoms with Crippen molar-refractivity contribution in [2.75, 3.05) is 26.2 Å². The number of likely N-dealkylation sites (tertiary alicyclic amines) is 1. The van der Waals surface area contributed by atoms with Gasteiger partial charge in [0.05, 0.1) is 18.7 Å². The van der Waals surface area contributed by atoms with Gasteiger partial charge in [-0.15, -0.1) is 5.10 Å². The number of benzene rings is 1. The van der Waals surface area contributed by atoms with E-state index >= 15 is 0 Å². The molecular weight excluding hydrogens is 392 g/mol. The van der Waals surface area contributed by atoms with Crippen molar-refractivity contribution >= 4 is 11.8 Å². The predicted octanol–water partition coefficient (Wildman–Crippen LogP) is 1.38. The van der Waals surface area contributed by atoms with Gasteiger partial charge in [0.1, 0.15) is 5.69 Å². The van der Waals surface area contributed by atoms with Gasteiger partial charge in [-0.3, -0.25) is 19.2 Å². The molecule has 2 N–H and O–H groups in total. The van der Waals surface area contributed by atoms with Crippen molar-refractivity contribution in [2.24, 2.45) is 23.5 Å². The summed E-state index contributed by atoms with van der Waals surface area (Å²) in [6.07, 6.45) is 5.51. The lowest BCUT2D eigenvalue weighted by Crippen LogP contribution is -2.59. The second-order valence-electron chi connectivity index (χ2n) is 9.23. The molecule has 6 rings (SSSR count). The first kappa shape index (κ1) is 20.2. The molecule has 1 aromatic carbocycles. The fraction of sp³-hybridized carbons (Fsp3) is 0.565. The minimum absolute atomic E-state index is 0.0748. The van der Waals surface area contributed by atoms with Gasteiger partial charge in [-0.2, -0.15) is 0 Å². The van der Waals surface area contributed by atoms with Gasteiger partial charge in [0.2, 0.25) is 11.8 Å². The number of rotatable bonds is 5. The Bertz CT molecular complexity index is 937. The highest BCUT2D eigenvalue weighted by atomic mass is 16.2. The van der Waals surface area contributed by atoms with E-state index in [1.165, 1.54) is 0 Å². The van der Waals surface area contributed by atoms with Crippen LogP contribution in [0.2, 0.25) is 0 Å². The largest absolute Gasteiger partial charge is 0.369 e. The topological polar surface area (TPSA) is 97.3 Å². The molecule has 2 amide bonds. The maximum absolute atomic E-state index is 13.2. The predicted molar refractivity (Wildman–Crippen MR) is 116 cm³/mol. The van der Waals surface area contributed by atoms with Crippen LogP contribution in [0.3, 0.4) is 0 Å². The van der Waals surface area contributed by atoms with E-state index in [0.29, 0.717) is 37.9 Å². The second-order valence-corrected chi connectivity index (χ2v) is 9.23. The first-order valence-electron chi connectivity index (χ1n) is 11.4. The standard InChI is InChI=1S/C23H30N6O2/c24-22(30)17-6-9-27(10-7-17)23(31)20-14-28-11-8-18(20)12-19(28)13-29-15-21(25-26-29)16-4-2-1-3-5-16/h1-5,15,17-20H,6-14H2,(H2,24,30)/t18-,19+,20-/m0/s1. The van der Waals surface area contributed by atoms with E-state index in [2.05, 4.69) is 15.2 Å². The third kappa shape index (κ3) is 4.08. The average molecular weight is 423 g/mol. The fourth-order valence-corrected chi connectivity index (χ4v) is 5.57. The van der Waals surface area contributed by atoms with E-state index in [1.54, 1.807) is 0 Å². The van der Waals surface area contributed by atoms with E-state index in [9.17, 15) is 9.59 Å². The third-order valence-electron chi connectivity index (χ3n) is 7.41. The molecule has 8 nitrogen and oxygen atoms in total. The molecule has 0 radical (unpaired) electrons. The molecular formula is C23H30N6O2. The molecule has 4 saturated heterocycles. The Hall–Kier alpha value is -2.74. The van der Waals surface area contributed by atoms with Crippen LogP contribution in [0.25, 0.3) is 11.3 Å². The second kappa shape index (κ2) is 8.42. The molecule has 2 aromatic rings. The molecule has 1 aromatic heterocycles. The van der Waals surface area contributed by atoms with Crippen molar-refractivity contribution in [2.45, 2.75) is 38.3 Å². The number of nitrogens with two attached hydrogens (primary N) is 1. The quantitative estimate of drug-likeness (QED) is 0.785. The maximum Gasteiger partial charge on any atom is 0.227 e. The summed E-state index contributed by atoms with van der Waals surface area (Å²) in [6, 6.07) is 10.5. The van der Waals surface area contributed by atoms with Crippen molar-refractivity contribution in [3.63, 3.8) is 0 Å². The molecule has 4 fully saturated rings. The van der Waals surface area contributed by atoms with E-state index < -0.39 is 0 Å². The highest BCUT2D eigenvalue weighted by molar-refractivity contribution is 5.81. The van der Waals surface area contributed by atoms with E-state index in [-0.39, 0.29) is 23.7 Å². The number of aromatic nitrogens is 3. The van der Waals surface area contributed by atoms with Gasteiger partial charge in [0.15, 0.2) is 0 Å². The smallest absolute Gasteiger partial charge is 0.227 e. The summed E-state index contributed by atoms with van der Waals surface area (Å²) in [7, 11) is 0. The van der Waals surface area contributed by atoms with Gasteiger partial charge in [-0.1, -0.05) is 35.5 Å². The number of primary amides is 1. The molecule has 4 atom stereocenters. The van der Waals surface area contributed by atoms with Crippen molar-refractivity contribution in [3.05, 3.63) is 36.5 Å². The average Bonchev–Trinajstić information content (AvgIpc) is 3.28. The molecule has 1 unspecified atom stereocenters. The molecule has 0 saturated carbocycles. The van der Waals surface area contributed by atoms with Crippen LogP contribution in [0.5, 0.6) is 0 Å². The maximum atomic E-state index is 13.2. The Kier molecular flexibility index (Phi) is 5.48. The van der Waals surface area contributed by atoms with Crippen LogP contribution in [-0.4, -0.2) is 68.8 Å². The number of fused-ring (bicyclic) bond motifs is 3. The molecule has 4 aliphatic heterocycles. The zero-order valence-electron chi connectivity index (χ0n) is 17.8. The van der Waals surface area contributed by atoms with Gasteiger partial charge in [0, 0.05) is 37.2 Å². The van der Waals surface area contributed by atoms with Crippen LogP contribution in [0.15, 0.2) is 36.5 Å². The van der Waals surface area contributed by atoms with Crippen LogP contribution in [0.1, 0.15) is 25.7 Å². The number of piperidine rings is 4. The zero-order valence-corrected chi connectivity index (χ0v) is 17.8. The van der Waals surface area contributed by atoms with Gasteiger partial charge >= 0.3 is 0 Å². The van der Waals surface area contributed by atoms with Crippen molar-refractivity contribution in [1.29, 1.82) is 0 Å². The Balaban J connectivity index is 1.19. The highest BCUT2D eigenvalue weighted by Gasteiger charge is 2.45. The van der Waals surface area contributed by atoms with E-state index in [4.69, 9.17) is 5.73 Å². The van der Waals surface area contributed by atoms with Crippen LogP contribution in [0, 0.1) is 17.8 Å². The molecule has 5 heterocycles. The third-order valence-corrected chi connectivity index (χ3v) is 7.41. The molecule has 4 aliphatic rings. The van der Waals surface area contributed by atoms with Crippen molar-refractivity contribution in [3.8, 4) is 11.3 Å². The number of carbonyl (C=O) groups is 2. The SMILES string of the molecule is NC(=O)C1CCN(C(=O)[C@H]2CN3CC[C@H]2C[C@@H]3Cn2cc(-c3ccccc3)nn2)CC1. The lowest BCUT2D eigenvalue weighted by molar-refractivity contribution is -0.146. The number of hydrogen-bond donors (Lipinski definition) is 1. The minimum Gasteiger partial charge on any atom is -0.369 e. The molecule has 164 valence electrons. The summed E-state index contributed by atoms with van der Waals surface area (Å²) in [6.45, 7) is 3.98. The van der Waals surface area contributed by atoms with Crippen LogP contribution < -0.4 is 5.73 Å². The van der Waals surface area contributed by atoms with E-state index in [0.717, 1.165) is 43.7 Å². The molecule has 8 heteroatoms. The Labute approximate surface area is 182 Å². The number of nitrogens with zero attached hydrogens (tertiary/aromatic N) is 5. The monoisotopic (exact) mass is 422 g/mol. The highest BCUT2D eigenvalue weighted by Crippen LogP contribution is 2.38. The summed E-state index contributed by atoms with van der Waals surface area (Å²) in [5, 5.41) is 8.68. The van der Waals surface area contributed by atoms with Crippen molar-refractivity contribution in [1.82, 2.24) is 24.8 Å².